The smallest absolute Gasteiger partial charge is 0.355 e. The number of carbonyl (C=O) groups is 1. The molecule has 18 heavy (non-hydrogen) atoms. The van der Waals surface area contributed by atoms with Crippen molar-refractivity contribution < 1.29 is 9.90 Å². The normalized spacial score (nSPS) is 11.4. The second kappa shape index (κ2) is 4.65. The van der Waals surface area contributed by atoms with E-state index in [1.165, 1.54) is 11.3 Å². The molecule has 2 aromatic heterocycles. The van der Waals surface area contributed by atoms with Gasteiger partial charge in [-0.05, 0) is 25.3 Å². The largest absolute Gasteiger partial charge is 0.476 e. The van der Waals surface area contributed by atoms with Crippen molar-refractivity contribution in [1.29, 1.82) is 0 Å². The Morgan fingerprint density at radius 2 is 2.00 bits per heavy atom. The number of hydrogen-bond donors (Lipinski definition) is 1. The molecule has 0 unspecified atom stereocenters. The van der Waals surface area contributed by atoms with Crippen molar-refractivity contribution in [1.82, 2.24) is 9.97 Å². The van der Waals surface area contributed by atoms with Gasteiger partial charge in [0.2, 0.25) is 0 Å². The quantitative estimate of drug-likeness (QED) is 0.924. The first-order chi connectivity index (χ1) is 8.40. The van der Waals surface area contributed by atoms with Crippen LogP contribution in [-0.2, 0) is 6.42 Å². The summed E-state index contributed by atoms with van der Waals surface area (Å²) in [6, 6.07) is 0. The van der Waals surface area contributed by atoms with Gasteiger partial charge in [-0.25, -0.2) is 14.8 Å². The van der Waals surface area contributed by atoms with Gasteiger partial charge in [0.05, 0.1) is 0 Å². The average Bonchev–Trinajstić information content (AvgIpc) is 2.52. The zero-order valence-corrected chi connectivity index (χ0v) is 11.8. The molecule has 0 radical (unpaired) electrons. The Bertz CT molecular complexity index is 617. The first-order valence-corrected chi connectivity index (χ1v) is 6.71. The second-order valence-electron chi connectivity index (χ2n) is 4.85. The van der Waals surface area contributed by atoms with E-state index in [2.05, 4.69) is 23.8 Å². The molecule has 0 atom stereocenters. The van der Waals surface area contributed by atoms with Crippen LogP contribution < -0.4 is 0 Å². The molecule has 2 rings (SSSR count). The topological polar surface area (TPSA) is 63.1 Å². The zero-order valence-electron chi connectivity index (χ0n) is 10.9. The van der Waals surface area contributed by atoms with Crippen molar-refractivity contribution in [3.05, 3.63) is 22.0 Å². The van der Waals surface area contributed by atoms with Crippen molar-refractivity contribution in [2.75, 3.05) is 0 Å². The Kier molecular flexibility index (Phi) is 3.34. The van der Waals surface area contributed by atoms with Crippen LogP contribution in [0.15, 0.2) is 0 Å². The van der Waals surface area contributed by atoms with E-state index in [1.54, 1.807) is 0 Å². The summed E-state index contributed by atoms with van der Waals surface area (Å²) in [7, 11) is 0. The molecule has 4 nitrogen and oxygen atoms in total. The highest BCUT2D eigenvalue weighted by atomic mass is 32.1. The lowest BCUT2D eigenvalue weighted by Gasteiger charge is -2.05. The average molecular weight is 264 g/mol. The molecule has 96 valence electrons. The van der Waals surface area contributed by atoms with Gasteiger partial charge in [0, 0.05) is 16.7 Å². The van der Waals surface area contributed by atoms with Crippen LogP contribution in [0.3, 0.4) is 0 Å². The first kappa shape index (κ1) is 13.0. The highest BCUT2D eigenvalue weighted by Crippen LogP contribution is 2.31. The molecule has 0 spiro atoms. The Morgan fingerprint density at radius 1 is 1.33 bits per heavy atom. The van der Waals surface area contributed by atoms with E-state index < -0.39 is 5.97 Å². The number of aromatic carboxylic acids is 1. The first-order valence-electron chi connectivity index (χ1n) is 5.90. The lowest BCUT2D eigenvalue weighted by Crippen LogP contribution is -2.08. The predicted molar refractivity (Wildman–Crippen MR) is 72.4 cm³/mol. The van der Waals surface area contributed by atoms with Crippen LogP contribution in [0.25, 0.3) is 10.2 Å². The van der Waals surface area contributed by atoms with Crippen molar-refractivity contribution in [2.45, 2.75) is 34.1 Å². The van der Waals surface area contributed by atoms with Crippen molar-refractivity contribution in [3.8, 4) is 0 Å². The van der Waals surface area contributed by atoms with Gasteiger partial charge in [0.1, 0.15) is 10.7 Å². The molecule has 2 heterocycles. The molecule has 1 N–H and O–H groups in total. The van der Waals surface area contributed by atoms with E-state index in [4.69, 9.17) is 0 Å². The summed E-state index contributed by atoms with van der Waals surface area (Å²) in [6.07, 6.45) is 0.701. The maximum atomic E-state index is 11.3. The van der Waals surface area contributed by atoms with Crippen molar-refractivity contribution >= 4 is 27.5 Å². The van der Waals surface area contributed by atoms with Crippen molar-refractivity contribution in [2.24, 2.45) is 5.92 Å². The summed E-state index contributed by atoms with van der Waals surface area (Å²) < 4.78 is 0. The van der Waals surface area contributed by atoms with Gasteiger partial charge in [-0.3, -0.25) is 0 Å². The molecule has 0 bridgehead atoms. The lowest BCUT2D eigenvalue weighted by molar-refractivity contribution is 0.0692. The standard InChI is InChI=1S/C13H16N2O2S/c1-6(2)5-9-14-11(13(16)17)10-7(3)8(4)18-12(10)15-9/h6H,5H2,1-4H3,(H,16,17). The third-order valence-corrected chi connectivity index (χ3v) is 3.97. The molecule has 0 aliphatic rings. The Balaban J connectivity index is 2.71. The number of fused-ring (bicyclic) bond motifs is 1. The van der Waals surface area contributed by atoms with E-state index in [0.717, 1.165) is 15.3 Å². The summed E-state index contributed by atoms with van der Waals surface area (Å²) in [6.45, 7) is 8.04. The van der Waals surface area contributed by atoms with Gasteiger partial charge in [0.15, 0.2) is 5.69 Å². The number of carboxylic acids is 1. The van der Waals surface area contributed by atoms with E-state index >= 15 is 0 Å². The highest BCUT2D eigenvalue weighted by molar-refractivity contribution is 7.18. The Morgan fingerprint density at radius 3 is 2.56 bits per heavy atom. The van der Waals surface area contributed by atoms with Crippen LogP contribution in [0.2, 0.25) is 0 Å². The molecular formula is C13H16N2O2S. The third kappa shape index (κ3) is 2.22. The van der Waals surface area contributed by atoms with E-state index in [1.807, 2.05) is 13.8 Å². The highest BCUT2D eigenvalue weighted by Gasteiger charge is 2.19. The van der Waals surface area contributed by atoms with Crippen LogP contribution in [0, 0.1) is 19.8 Å². The third-order valence-electron chi connectivity index (χ3n) is 2.87. The summed E-state index contributed by atoms with van der Waals surface area (Å²) in [5, 5.41) is 9.98. The molecule has 5 heteroatoms. The molecule has 0 saturated carbocycles. The van der Waals surface area contributed by atoms with E-state index in [0.29, 0.717) is 23.5 Å². The van der Waals surface area contributed by atoms with Crippen LogP contribution in [0.5, 0.6) is 0 Å². The number of aryl methyl sites for hydroxylation is 2. The van der Waals surface area contributed by atoms with Gasteiger partial charge in [-0.15, -0.1) is 11.3 Å². The summed E-state index contributed by atoms with van der Waals surface area (Å²) >= 11 is 1.54. The van der Waals surface area contributed by atoms with Crippen LogP contribution >= 0.6 is 11.3 Å². The molecule has 0 aliphatic heterocycles. The second-order valence-corrected chi connectivity index (χ2v) is 6.06. The van der Waals surface area contributed by atoms with Crippen LogP contribution in [0.4, 0.5) is 0 Å². The predicted octanol–water partition coefficient (Wildman–Crippen LogP) is 3.20. The van der Waals surface area contributed by atoms with Gasteiger partial charge in [-0.1, -0.05) is 13.8 Å². The van der Waals surface area contributed by atoms with Crippen LogP contribution in [0.1, 0.15) is 40.6 Å². The number of carboxylic acid groups (broad SMARTS) is 1. The minimum Gasteiger partial charge on any atom is -0.476 e. The van der Waals surface area contributed by atoms with Gasteiger partial charge < -0.3 is 5.11 Å². The SMILES string of the molecule is Cc1sc2nc(CC(C)C)nc(C(=O)O)c2c1C. The fraction of sp³-hybridized carbons (Fsp3) is 0.462. The Labute approximate surface area is 110 Å². The summed E-state index contributed by atoms with van der Waals surface area (Å²) in [5.41, 5.74) is 1.11. The molecule has 0 amide bonds. The molecular weight excluding hydrogens is 248 g/mol. The molecule has 0 aromatic carbocycles. The number of thiophene rings is 1. The Hall–Kier alpha value is -1.49. The maximum Gasteiger partial charge on any atom is 0.355 e. The maximum absolute atomic E-state index is 11.3. The van der Waals surface area contributed by atoms with Crippen LogP contribution in [-0.4, -0.2) is 21.0 Å². The van der Waals surface area contributed by atoms with E-state index in [-0.39, 0.29) is 5.69 Å². The van der Waals surface area contributed by atoms with E-state index in [9.17, 15) is 9.90 Å². The zero-order chi connectivity index (χ0) is 13.4. The minimum absolute atomic E-state index is 0.137. The summed E-state index contributed by atoms with van der Waals surface area (Å²) in [5.74, 6) is 0.0516. The minimum atomic E-state index is -0.978. The number of hydrogen-bond acceptors (Lipinski definition) is 4. The fourth-order valence-electron chi connectivity index (χ4n) is 1.90. The molecule has 0 saturated heterocycles. The number of rotatable bonds is 3. The summed E-state index contributed by atoms with van der Waals surface area (Å²) in [4.78, 5) is 21.9. The molecule has 0 fully saturated rings. The lowest BCUT2D eigenvalue weighted by atomic mass is 10.1. The van der Waals surface area contributed by atoms with Gasteiger partial charge >= 0.3 is 5.97 Å². The fourth-order valence-corrected chi connectivity index (χ4v) is 2.95. The number of nitrogens with zero attached hydrogens (tertiary/aromatic N) is 2. The molecule has 0 aliphatic carbocycles. The number of aromatic nitrogens is 2. The van der Waals surface area contributed by atoms with Gasteiger partial charge in [-0.2, -0.15) is 0 Å². The van der Waals surface area contributed by atoms with Gasteiger partial charge in [0.25, 0.3) is 0 Å². The monoisotopic (exact) mass is 264 g/mol. The molecule has 2 aromatic rings. The van der Waals surface area contributed by atoms with Crippen molar-refractivity contribution in [3.63, 3.8) is 0 Å².